The third-order valence-corrected chi connectivity index (χ3v) is 5.81. The number of hydrogen-bond acceptors (Lipinski definition) is 3. The molecule has 0 spiro atoms. The van der Waals surface area contributed by atoms with E-state index in [0.717, 1.165) is 21.7 Å². The molecule has 1 nitrogen and oxygen atoms in total. The average Bonchev–Trinajstić information content (AvgIpc) is 2.62. The van der Waals surface area contributed by atoms with Gasteiger partial charge in [-0.25, -0.2) is 0 Å². The maximum Gasteiger partial charge on any atom is 0.0818 e. The summed E-state index contributed by atoms with van der Waals surface area (Å²) in [4.78, 5) is 1.27. The molecule has 2 atom stereocenters. The van der Waals surface area contributed by atoms with E-state index in [1.807, 2.05) is 11.8 Å². The minimum atomic E-state index is -0.477. The molecule has 1 fully saturated rings. The van der Waals surface area contributed by atoms with Crippen molar-refractivity contribution in [2.75, 3.05) is 11.5 Å². The summed E-state index contributed by atoms with van der Waals surface area (Å²) in [5, 5.41) is 10.4. The van der Waals surface area contributed by atoms with Gasteiger partial charge in [0.25, 0.3) is 0 Å². The first-order valence-electron chi connectivity index (χ1n) is 4.64. The Balaban J connectivity index is 2.10. The summed E-state index contributed by atoms with van der Waals surface area (Å²) in [5.41, 5.74) is -0.477. The molecule has 0 saturated carbocycles. The van der Waals surface area contributed by atoms with E-state index < -0.39 is 5.60 Å². The molecule has 4 heteroatoms. The second kappa shape index (κ2) is 4.16. The summed E-state index contributed by atoms with van der Waals surface area (Å²) in [5.74, 6) is 2.38. The molecular weight excluding hydrogens is 280 g/mol. The Morgan fingerprint density at radius 3 is 2.93 bits per heavy atom. The zero-order chi connectivity index (χ0) is 10.2. The van der Waals surface area contributed by atoms with Gasteiger partial charge in [-0.2, -0.15) is 11.8 Å². The lowest BCUT2D eigenvalue weighted by Gasteiger charge is -2.25. The van der Waals surface area contributed by atoms with E-state index in [2.05, 4.69) is 35.0 Å². The maximum absolute atomic E-state index is 10.4. The molecule has 2 heterocycles. The Labute approximate surface area is 101 Å². The summed E-state index contributed by atoms with van der Waals surface area (Å²) in [7, 11) is 0. The van der Waals surface area contributed by atoms with Crippen molar-refractivity contribution in [3.05, 3.63) is 20.8 Å². The van der Waals surface area contributed by atoms with Gasteiger partial charge in [-0.05, 0) is 39.7 Å². The number of hydrogen-bond donors (Lipinski definition) is 1. The van der Waals surface area contributed by atoms with Crippen LogP contribution in [0.1, 0.15) is 11.8 Å². The molecule has 0 aliphatic carbocycles. The predicted octanol–water partition coefficient (Wildman–Crippen LogP) is 3.17. The third kappa shape index (κ3) is 2.18. The Hall–Kier alpha value is 0.490. The van der Waals surface area contributed by atoms with Gasteiger partial charge in [0.05, 0.1) is 9.39 Å². The van der Waals surface area contributed by atoms with Crippen molar-refractivity contribution < 1.29 is 5.11 Å². The van der Waals surface area contributed by atoms with Gasteiger partial charge in [-0.1, -0.05) is 6.92 Å². The van der Waals surface area contributed by atoms with Crippen molar-refractivity contribution >= 4 is 39.0 Å². The number of thioether (sulfide) groups is 1. The van der Waals surface area contributed by atoms with Crippen molar-refractivity contribution in [2.24, 2.45) is 5.92 Å². The van der Waals surface area contributed by atoms with E-state index in [1.165, 1.54) is 4.88 Å². The average molecular weight is 293 g/mol. The van der Waals surface area contributed by atoms with Crippen LogP contribution in [-0.2, 0) is 6.42 Å². The maximum atomic E-state index is 10.4. The van der Waals surface area contributed by atoms with E-state index in [9.17, 15) is 5.11 Å². The van der Waals surface area contributed by atoms with Crippen molar-refractivity contribution in [3.63, 3.8) is 0 Å². The van der Waals surface area contributed by atoms with Crippen LogP contribution < -0.4 is 0 Å². The molecule has 1 aliphatic heterocycles. The molecule has 1 N–H and O–H groups in total. The quantitative estimate of drug-likeness (QED) is 0.904. The molecule has 2 unspecified atom stereocenters. The van der Waals surface area contributed by atoms with E-state index in [0.29, 0.717) is 5.92 Å². The fraction of sp³-hybridized carbons (Fsp3) is 0.600. The van der Waals surface area contributed by atoms with Crippen molar-refractivity contribution in [3.8, 4) is 0 Å². The van der Waals surface area contributed by atoms with Crippen LogP contribution >= 0.6 is 39.0 Å². The highest BCUT2D eigenvalue weighted by atomic mass is 79.9. The first-order chi connectivity index (χ1) is 6.60. The van der Waals surface area contributed by atoms with Crippen molar-refractivity contribution in [1.29, 1.82) is 0 Å². The van der Waals surface area contributed by atoms with E-state index in [1.54, 1.807) is 11.3 Å². The van der Waals surface area contributed by atoms with Crippen LogP contribution in [0.15, 0.2) is 15.9 Å². The Kier molecular flexibility index (Phi) is 3.27. The summed E-state index contributed by atoms with van der Waals surface area (Å²) >= 11 is 7.03. The van der Waals surface area contributed by atoms with Gasteiger partial charge in [0.2, 0.25) is 0 Å². The van der Waals surface area contributed by atoms with Gasteiger partial charge < -0.3 is 5.11 Å². The van der Waals surface area contributed by atoms with Crippen LogP contribution in [0.2, 0.25) is 0 Å². The van der Waals surface area contributed by atoms with Crippen LogP contribution in [0.4, 0.5) is 0 Å². The molecule has 1 saturated heterocycles. The second-order valence-electron chi connectivity index (χ2n) is 3.90. The third-order valence-electron chi connectivity index (χ3n) is 2.75. The Bertz CT molecular complexity index is 326. The van der Waals surface area contributed by atoms with Crippen molar-refractivity contribution in [2.45, 2.75) is 18.9 Å². The summed E-state index contributed by atoms with van der Waals surface area (Å²) in [6, 6.07) is 4.15. The summed E-state index contributed by atoms with van der Waals surface area (Å²) in [6.45, 7) is 2.14. The van der Waals surface area contributed by atoms with Crippen LogP contribution in [0.5, 0.6) is 0 Å². The molecule has 0 amide bonds. The van der Waals surface area contributed by atoms with Gasteiger partial charge in [0.1, 0.15) is 0 Å². The monoisotopic (exact) mass is 292 g/mol. The fourth-order valence-corrected chi connectivity index (χ4v) is 4.81. The lowest BCUT2D eigenvalue weighted by molar-refractivity contribution is 0.0286. The van der Waals surface area contributed by atoms with Crippen LogP contribution in [0.25, 0.3) is 0 Å². The largest absolute Gasteiger partial charge is 0.388 e. The Morgan fingerprint density at radius 1 is 1.64 bits per heavy atom. The van der Waals surface area contributed by atoms with E-state index in [4.69, 9.17) is 0 Å². The molecule has 0 radical (unpaired) electrons. The lowest BCUT2D eigenvalue weighted by atomic mass is 9.89. The molecule has 14 heavy (non-hydrogen) atoms. The topological polar surface area (TPSA) is 20.2 Å². The van der Waals surface area contributed by atoms with Gasteiger partial charge in [-0.15, -0.1) is 11.3 Å². The zero-order valence-electron chi connectivity index (χ0n) is 8.00. The van der Waals surface area contributed by atoms with Crippen LogP contribution in [-0.4, -0.2) is 22.2 Å². The number of rotatable bonds is 2. The smallest absolute Gasteiger partial charge is 0.0818 e. The number of aliphatic hydroxyl groups is 1. The molecular formula is C10H13BrOS2. The highest BCUT2D eigenvalue weighted by molar-refractivity contribution is 9.11. The molecule has 78 valence electrons. The lowest BCUT2D eigenvalue weighted by Crippen LogP contribution is -2.37. The molecule has 2 rings (SSSR count). The molecule has 0 bridgehead atoms. The SMILES string of the molecule is CC1CSCC1(O)Cc1ccc(Br)s1. The fourth-order valence-electron chi connectivity index (χ4n) is 1.68. The molecule has 1 aliphatic rings. The number of thiophene rings is 1. The Morgan fingerprint density at radius 2 is 2.43 bits per heavy atom. The normalized spacial score (nSPS) is 32.4. The van der Waals surface area contributed by atoms with Crippen LogP contribution in [0.3, 0.4) is 0 Å². The molecule has 1 aromatic rings. The molecule has 0 aromatic carbocycles. The van der Waals surface area contributed by atoms with E-state index >= 15 is 0 Å². The van der Waals surface area contributed by atoms with Crippen molar-refractivity contribution in [1.82, 2.24) is 0 Å². The van der Waals surface area contributed by atoms with Gasteiger partial charge >= 0.3 is 0 Å². The highest BCUT2D eigenvalue weighted by Crippen LogP contribution is 2.37. The van der Waals surface area contributed by atoms with Gasteiger partial charge in [-0.3, -0.25) is 0 Å². The summed E-state index contributed by atoms with van der Waals surface area (Å²) in [6.07, 6.45) is 0.803. The van der Waals surface area contributed by atoms with E-state index in [-0.39, 0.29) is 0 Å². The standard InChI is InChI=1S/C10H13BrOS2/c1-7-5-13-6-10(7,12)4-8-2-3-9(11)14-8/h2-3,7,12H,4-6H2,1H3. The minimum Gasteiger partial charge on any atom is -0.388 e. The molecule has 1 aromatic heterocycles. The highest BCUT2D eigenvalue weighted by Gasteiger charge is 2.39. The van der Waals surface area contributed by atoms with Gasteiger partial charge in [0, 0.05) is 17.1 Å². The zero-order valence-corrected chi connectivity index (χ0v) is 11.2. The minimum absolute atomic E-state index is 0.411. The number of halogens is 1. The first kappa shape index (κ1) is 11.0. The second-order valence-corrected chi connectivity index (χ2v) is 7.48. The first-order valence-corrected chi connectivity index (χ1v) is 7.41. The summed E-state index contributed by atoms with van der Waals surface area (Å²) < 4.78 is 1.15. The van der Waals surface area contributed by atoms with Gasteiger partial charge in [0.15, 0.2) is 0 Å². The van der Waals surface area contributed by atoms with Crippen LogP contribution in [0, 0.1) is 5.92 Å². The predicted molar refractivity (Wildman–Crippen MR) is 67.2 cm³/mol.